The number of carboxylic acid groups (broad SMARTS) is 1. The molecule has 10 rings (SSSR count). The third-order valence-electron chi connectivity index (χ3n) is 17.8. The topological polar surface area (TPSA) is 333 Å². The van der Waals surface area contributed by atoms with Crippen LogP contribution >= 0.6 is 0 Å². The number of likely N-dealkylation sites (tertiary alicyclic amines) is 1. The molecule has 4 aliphatic carbocycles. The molecule has 3 amide bonds. The van der Waals surface area contributed by atoms with E-state index in [2.05, 4.69) is 37.9 Å². The van der Waals surface area contributed by atoms with Crippen molar-refractivity contribution < 1.29 is 79.9 Å². The van der Waals surface area contributed by atoms with Gasteiger partial charge in [0.25, 0.3) is 0 Å². The number of carbonyl (C=O) groups excluding carboxylic acids is 5. The van der Waals surface area contributed by atoms with Crippen LogP contribution in [-0.2, 0) is 48.8 Å². The number of amides is 3. The molecule has 0 unspecified atom stereocenters. The SMILES string of the molecule is C=C[C@@H]1C[C@]1(CC(=O)[C@@H]1C[C@@H](Oc2nccc3cc(OC)ccc23)CN1)C(=O)NS(=O)(=O)C1CC1.C=C[C@@H]1C[C@]1(CC(=O)[C@@H]1C[C@@H](Oc2nccc3cc(OC)ccc23)CN1C(=O)[C@@H](C)C(C)(C)O)C(=O)NS(=O)(=O)C1CC1.C[C@H](C(=O)O)C(C)(C)O. The predicted molar refractivity (Wildman–Crippen MR) is 321 cm³/mol. The van der Waals surface area contributed by atoms with Crippen LogP contribution in [0, 0.1) is 34.5 Å². The minimum Gasteiger partial charge on any atom is -0.497 e. The molecule has 2 saturated heterocycles. The van der Waals surface area contributed by atoms with Crippen molar-refractivity contribution in [3.63, 3.8) is 0 Å². The Kier molecular flexibility index (Phi) is 19.4. The quantitative estimate of drug-likeness (QED) is 0.0482. The first-order chi connectivity index (χ1) is 40.8. The Morgan fingerprint density at radius 2 is 1.15 bits per heavy atom. The molecule has 6 aliphatic rings. The number of aromatic nitrogens is 2. The van der Waals surface area contributed by atoms with Crippen molar-refractivity contribution in [3.8, 4) is 23.3 Å². The number of aliphatic carboxylic acids is 1. The summed E-state index contributed by atoms with van der Waals surface area (Å²) in [4.78, 5) is 87.3. The van der Waals surface area contributed by atoms with Gasteiger partial charge in [-0.3, -0.25) is 38.2 Å². The smallest absolute Gasteiger partial charge is 0.309 e. The Balaban J connectivity index is 0.000000201. The van der Waals surface area contributed by atoms with Crippen molar-refractivity contribution >= 4 is 76.8 Å². The zero-order valence-corrected chi connectivity index (χ0v) is 51.9. The van der Waals surface area contributed by atoms with Crippen LogP contribution in [0.4, 0.5) is 0 Å². The van der Waals surface area contributed by atoms with E-state index in [-0.39, 0.29) is 61.7 Å². The summed E-state index contributed by atoms with van der Waals surface area (Å²) in [6.45, 7) is 17.2. The molecule has 87 heavy (non-hydrogen) atoms. The number of nitrogens with zero attached hydrogens (tertiary/aromatic N) is 3. The fourth-order valence-electron chi connectivity index (χ4n) is 11.0. The number of ketones is 2. The van der Waals surface area contributed by atoms with E-state index in [0.29, 0.717) is 62.6 Å². The van der Waals surface area contributed by atoms with Crippen LogP contribution in [0.3, 0.4) is 0 Å². The summed E-state index contributed by atoms with van der Waals surface area (Å²) in [5, 5.41) is 33.5. The Bertz CT molecular complexity index is 3560. The number of benzene rings is 2. The summed E-state index contributed by atoms with van der Waals surface area (Å²) < 4.78 is 77.0. The lowest BCUT2D eigenvalue weighted by atomic mass is 9.89. The maximum atomic E-state index is 13.9. The van der Waals surface area contributed by atoms with Gasteiger partial charge < -0.3 is 44.5 Å². The molecule has 472 valence electrons. The third kappa shape index (κ3) is 15.1. The molecule has 23 nitrogen and oxygen atoms in total. The van der Waals surface area contributed by atoms with Crippen LogP contribution in [0.1, 0.15) is 106 Å². The molecular formula is C62H80N6O17S2. The van der Waals surface area contributed by atoms with Crippen LogP contribution in [0.25, 0.3) is 21.5 Å². The minimum atomic E-state index is -3.81. The lowest BCUT2D eigenvalue weighted by molar-refractivity contribution is -0.149. The largest absolute Gasteiger partial charge is 0.497 e. The second kappa shape index (κ2) is 25.6. The van der Waals surface area contributed by atoms with E-state index in [9.17, 15) is 50.7 Å². The van der Waals surface area contributed by atoms with Gasteiger partial charge in [0.05, 0.1) is 77.2 Å². The zero-order chi connectivity index (χ0) is 63.8. The number of ether oxygens (including phenoxy) is 4. The minimum absolute atomic E-state index is 0.0353. The summed E-state index contributed by atoms with van der Waals surface area (Å²) in [6, 6.07) is 13.4. The fourth-order valence-corrected chi connectivity index (χ4v) is 13.7. The maximum Gasteiger partial charge on any atom is 0.309 e. The number of fused-ring (bicyclic) bond motifs is 2. The van der Waals surface area contributed by atoms with Gasteiger partial charge in [-0.05, 0) is 144 Å². The number of carbonyl (C=O) groups is 6. The van der Waals surface area contributed by atoms with Crippen molar-refractivity contribution in [2.24, 2.45) is 34.5 Å². The average molecular weight is 1250 g/mol. The first-order valence-electron chi connectivity index (χ1n) is 29.1. The van der Waals surface area contributed by atoms with E-state index in [4.69, 9.17) is 29.2 Å². The van der Waals surface area contributed by atoms with Gasteiger partial charge in [0.15, 0.2) is 11.6 Å². The van der Waals surface area contributed by atoms with Gasteiger partial charge in [-0.15, -0.1) is 13.2 Å². The highest BCUT2D eigenvalue weighted by atomic mass is 32.2. The first-order valence-corrected chi connectivity index (χ1v) is 32.2. The molecule has 25 heteroatoms. The Hall–Kier alpha value is -7.06. The normalized spacial score (nSPS) is 25.7. The average Bonchev–Trinajstić information content (AvgIpc) is 1.59. The van der Waals surface area contributed by atoms with E-state index < -0.39 is 106 Å². The molecule has 0 radical (unpaired) electrons. The Morgan fingerprint density at radius 3 is 1.54 bits per heavy atom. The molecule has 4 aromatic rings. The standard InChI is InChI=1S/C31H39N3O8S.C25H29N3O6S.C6H12O3/c1-6-20-15-31(20,29(37)33-43(39,40)23-8-9-23)16-26(35)25-14-22(17-34(25)28(36)18(2)30(3,4)38)42-27-24-10-7-21(41-5)13-19(24)11-12-32-27;1-3-16-12-25(16,24(30)28-35(31,32)19-5-6-19)13-22(29)21-11-18(14-27-21)34-23-20-7-4-17(33-2)10-15(20)8-9-26-23;1-4(5(7)8)6(2,3)9/h6-7,10-13,18,20,22-23,25,38H,1,8-9,14-17H2,2-5H3,(H,33,37);3-4,7-10,16,18-19,21,27H,1,5-6,11-14H2,2H3,(H,28,30);4,9H,1-3H3,(H,7,8)/t18-,20-,22-,25+,31-;16-,18-,21+,25-;4-/m111/s1. The van der Waals surface area contributed by atoms with Gasteiger partial charge >= 0.3 is 5.97 Å². The monoisotopic (exact) mass is 1240 g/mol. The number of allylic oxidation sites excluding steroid dienone is 2. The van der Waals surface area contributed by atoms with Gasteiger partial charge in [-0.25, -0.2) is 26.8 Å². The molecule has 2 aliphatic heterocycles. The molecule has 4 heterocycles. The Labute approximate surface area is 507 Å². The van der Waals surface area contributed by atoms with Gasteiger partial charge in [0.2, 0.25) is 49.5 Å². The van der Waals surface area contributed by atoms with Gasteiger partial charge in [-0.1, -0.05) is 19.1 Å². The molecular weight excluding hydrogens is 1160 g/mol. The molecule has 4 saturated carbocycles. The highest BCUT2D eigenvalue weighted by molar-refractivity contribution is 7.91. The molecule has 2 aromatic heterocycles. The molecule has 0 bridgehead atoms. The van der Waals surface area contributed by atoms with Crippen LogP contribution in [0.5, 0.6) is 23.3 Å². The van der Waals surface area contributed by atoms with Crippen molar-refractivity contribution in [3.05, 3.63) is 86.2 Å². The lowest BCUT2D eigenvalue weighted by Crippen LogP contribution is -2.49. The number of aliphatic hydroxyl groups is 2. The number of methoxy groups -OCH3 is 2. The van der Waals surface area contributed by atoms with Crippen LogP contribution in [0.2, 0.25) is 0 Å². The third-order valence-corrected chi connectivity index (χ3v) is 21.4. The lowest BCUT2D eigenvalue weighted by Gasteiger charge is -2.32. The number of hydrogen-bond donors (Lipinski definition) is 6. The highest BCUT2D eigenvalue weighted by Crippen LogP contribution is 2.58. The highest BCUT2D eigenvalue weighted by Gasteiger charge is 2.63. The summed E-state index contributed by atoms with van der Waals surface area (Å²) in [7, 11) is -4.29. The van der Waals surface area contributed by atoms with E-state index in [0.717, 1.165) is 27.3 Å². The summed E-state index contributed by atoms with van der Waals surface area (Å²) >= 11 is 0. The number of Topliss-reactive ketones (excluding diaryl/α,β-unsaturated/α-hetero) is 2. The van der Waals surface area contributed by atoms with Crippen molar-refractivity contribution in [2.75, 3.05) is 27.3 Å². The van der Waals surface area contributed by atoms with E-state index in [1.165, 1.54) is 39.5 Å². The molecule has 10 atom stereocenters. The number of carboxylic acids is 1. The summed E-state index contributed by atoms with van der Waals surface area (Å²) in [6.07, 6.45) is 8.74. The second-order valence-electron chi connectivity index (χ2n) is 25.0. The number of hydrogen-bond acceptors (Lipinski definition) is 19. The van der Waals surface area contributed by atoms with E-state index >= 15 is 0 Å². The van der Waals surface area contributed by atoms with Crippen molar-refractivity contribution in [1.82, 2.24) is 29.6 Å². The van der Waals surface area contributed by atoms with Crippen LogP contribution < -0.4 is 33.7 Å². The van der Waals surface area contributed by atoms with Crippen LogP contribution in [-0.4, -0.2) is 156 Å². The summed E-state index contributed by atoms with van der Waals surface area (Å²) in [5.74, 6) is -3.07. The second-order valence-corrected chi connectivity index (χ2v) is 28.9. The molecule has 2 aromatic carbocycles. The zero-order valence-electron chi connectivity index (χ0n) is 50.3. The van der Waals surface area contributed by atoms with Gasteiger partial charge in [-0.2, -0.15) is 0 Å². The molecule has 0 spiro atoms. The van der Waals surface area contributed by atoms with Crippen molar-refractivity contribution in [2.45, 2.75) is 152 Å². The molecule has 6 N–H and O–H groups in total. The van der Waals surface area contributed by atoms with Crippen molar-refractivity contribution in [1.29, 1.82) is 0 Å². The number of sulfonamides is 2. The summed E-state index contributed by atoms with van der Waals surface area (Å²) in [5.41, 5.74) is -4.75. The first kappa shape index (κ1) is 65.9. The predicted octanol–water partition coefficient (Wildman–Crippen LogP) is 5.35. The fraction of sp³-hybridized carbons (Fsp3) is 0.548. The molecule has 6 fully saturated rings. The van der Waals surface area contributed by atoms with Crippen LogP contribution in [0.15, 0.2) is 86.2 Å². The van der Waals surface area contributed by atoms with E-state index in [1.54, 1.807) is 51.8 Å². The Morgan fingerprint density at radius 1 is 0.701 bits per heavy atom. The number of rotatable bonds is 24. The van der Waals surface area contributed by atoms with Gasteiger partial charge in [0, 0.05) is 55.4 Å². The number of pyridine rings is 2. The number of nitrogens with one attached hydrogen (secondary N) is 3. The maximum absolute atomic E-state index is 13.9. The van der Waals surface area contributed by atoms with Gasteiger partial charge in [0.1, 0.15) is 23.7 Å². The van der Waals surface area contributed by atoms with E-state index in [1.807, 2.05) is 42.5 Å².